The maximum Gasteiger partial charge on any atom is 0.223 e. The smallest absolute Gasteiger partial charge is 0.223 e. The van der Waals surface area contributed by atoms with Gasteiger partial charge in [-0.2, -0.15) is 15.0 Å². The summed E-state index contributed by atoms with van der Waals surface area (Å²) in [5, 5.41) is 11.7. The Morgan fingerprint density at radius 2 is 0.625 bits per heavy atom. The van der Waals surface area contributed by atoms with Crippen molar-refractivity contribution in [3.63, 3.8) is 0 Å². The standard InChI is InChI=1S/C26H25ClN4O.C26H23ClN4.C19H17ClN4O/c27-24-23(22(32)16-19-10-4-1-5-11-19)25(30-26(28)29-24)31(17-20-12-6-2-7-13-20)18-21-14-8-3-9-15-21;27-24-23(17-16-20-10-4-1-5-11-20)25(30-26(28)29-24)31(18-21-12-6-2-7-13-21)19-22-14-8-3-9-15-22;20-17-16(13-25)18(23-19(21)22-17)24(11-14-7-3-1-4-8-14)12-15-9-5-2-6-10-15/h1-15,22,32H,16-18H2,(H2,28,29,30);1-17H,18-19H2,(H2,28,29,30);1-10,13H,11-12H2,(H2,21,22,23)/b;17-16+;. The molecular formula is C71H65Cl3N12O2. The van der Waals surface area contributed by atoms with E-state index in [1.165, 1.54) is 11.1 Å². The third-order valence-corrected chi connectivity index (χ3v) is 14.7. The minimum atomic E-state index is -0.880. The summed E-state index contributed by atoms with van der Waals surface area (Å²) in [5.74, 6) is 1.95. The van der Waals surface area contributed by atoms with Gasteiger partial charge in [-0.15, -0.1) is 0 Å². The van der Waals surface area contributed by atoms with Crippen LogP contribution >= 0.6 is 34.8 Å². The Labute approximate surface area is 528 Å². The lowest BCUT2D eigenvalue weighted by Crippen LogP contribution is -2.26. The number of carbonyl (C=O) groups excluding carboxylic acids is 1. The van der Waals surface area contributed by atoms with Gasteiger partial charge in [-0.25, -0.2) is 15.0 Å². The highest BCUT2D eigenvalue weighted by Crippen LogP contribution is 2.36. The number of aliphatic hydroxyl groups is 1. The minimum absolute atomic E-state index is 0.0386. The fraction of sp³-hybridized carbons (Fsp3) is 0.113. The van der Waals surface area contributed by atoms with E-state index in [4.69, 9.17) is 52.0 Å². The molecule has 88 heavy (non-hydrogen) atoms. The van der Waals surface area contributed by atoms with Crippen molar-refractivity contribution in [1.29, 1.82) is 0 Å². The lowest BCUT2D eigenvalue weighted by atomic mass is 10.0. The summed E-state index contributed by atoms with van der Waals surface area (Å²) in [7, 11) is 0. The highest BCUT2D eigenvalue weighted by atomic mass is 35.5. The summed E-state index contributed by atoms with van der Waals surface area (Å²) in [4.78, 5) is 43.4. The number of rotatable bonds is 21. The molecule has 0 saturated heterocycles. The molecule has 0 amide bonds. The van der Waals surface area contributed by atoms with Crippen molar-refractivity contribution in [2.45, 2.75) is 51.8 Å². The van der Waals surface area contributed by atoms with Gasteiger partial charge in [0.1, 0.15) is 32.9 Å². The van der Waals surface area contributed by atoms with E-state index in [0.717, 1.165) is 38.9 Å². The first-order valence-corrected chi connectivity index (χ1v) is 29.5. The van der Waals surface area contributed by atoms with Crippen LogP contribution in [0.1, 0.15) is 72.1 Å². The maximum atomic E-state index is 11.5. The van der Waals surface area contributed by atoms with E-state index < -0.39 is 6.10 Å². The topological polar surface area (TPSA) is 202 Å². The van der Waals surface area contributed by atoms with Gasteiger partial charge in [-0.05, 0) is 50.6 Å². The summed E-state index contributed by atoms with van der Waals surface area (Å²) < 4.78 is 0. The van der Waals surface area contributed by atoms with Gasteiger partial charge in [0.05, 0.1) is 22.8 Å². The molecule has 0 fully saturated rings. The van der Waals surface area contributed by atoms with Crippen LogP contribution in [-0.2, 0) is 45.7 Å². The number of nitrogens with two attached hydrogens (primary N) is 3. The van der Waals surface area contributed by atoms with Gasteiger partial charge in [0, 0.05) is 45.7 Å². The van der Waals surface area contributed by atoms with Gasteiger partial charge >= 0.3 is 0 Å². The number of aldehydes is 1. The predicted molar refractivity (Wildman–Crippen MR) is 359 cm³/mol. The second-order valence-electron chi connectivity index (χ2n) is 20.4. The summed E-state index contributed by atoms with van der Waals surface area (Å²) in [5.41, 5.74) is 28.0. The van der Waals surface area contributed by atoms with E-state index in [-0.39, 0.29) is 33.7 Å². The molecule has 0 bridgehead atoms. The average Bonchev–Trinajstić information content (AvgIpc) is 3.71. The first kappa shape index (κ1) is 62.6. The van der Waals surface area contributed by atoms with Gasteiger partial charge in [0.15, 0.2) is 6.29 Å². The van der Waals surface area contributed by atoms with Crippen LogP contribution in [0.5, 0.6) is 0 Å². The Morgan fingerprint density at radius 1 is 0.352 bits per heavy atom. The Balaban J connectivity index is 0.000000158. The van der Waals surface area contributed by atoms with Crippen molar-refractivity contribution in [1.82, 2.24) is 29.9 Å². The van der Waals surface area contributed by atoms with Gasteiger partial charge < -0.3 is 37.0 Å². The number of hydrogen-bond acceptors (Lipinski definition) is 14. The number of anilines is 6. The van der Waals surface area contributed by atoms with Crippen molar-refractivity contribution in [3.8, 4) is 0 Å². The fourth-order valence-electron chi connectivity index (χ4n) is 9.72. The molecule has 1 atom stereocenters. The number of aliphatic hydroxyl groups excluding tert-OH is 1. The lowest BCUT2D eigenvalue weighted by molar-refractivity contribution is 0.112. The van der Waals surface area contributed by atoms with Crippen LogP contribution in [0.2, 0.25) is 15.5 Å². The summed E-state index contributed by atoms with van der Waals surface area (Å²) in [6.45, 7) is 3.59. The van der Waals surface area contributed by atoms with Crippen molar-refractivity contribution < 1.29 is 9.90 Å². The predicted octanol–water partition coefficient (Wildman–Crippen LogP) is 15.0. The molecule has 8 aromatic carbocycles. The van der Waals surface area contributed by atoms with Gasteiger partial charge in [0.25, 0.3) is 0 Å². The first-order valence-electron chi connectivity index (χ1n) is 28.3. The zero-order chi connectivity index (χ0) is 61.5. The van der Waals surface area contributed by atoms with E-state index >= 15 is 0 Å². The van der Waals surface area contributed by atoms with Gasteiger partial charge in [0.2, 0.25) is 17.8 Å². The maximum absolute atomic E-state index is 11.5. The quantitative estimate of drug-likeness (QED) is 0.0391. The number of aromatic nitrogens is 6. The molecule has 0 spiro atoms. The molecule has 3 heterocycles. The van der Waals surface area contributed by atoms with Gasteiger partial charge in [-0.3, -0.25) is 4.79 Å². The molecular weight excluding hydrogens is 1160 g/mol. The van der Waals surface area contributed by atoms with Crippen LogP contribution in [0.15, 0.2) is 243 Å². The monoisotopic (exact) mass is 1220 g/mol. The number of halogens is 3. The van der Waals surface area contributed by atoms with E-state index in [1.54, 1.807) is 0 Å². The Kier molecular flexibility index (Phi) is 22.7. The molecule has 3 aromatic heterocycles. The Bertz CT molecular complexity index is 3840. The van der Waals surface area contributed by atoms with Crippen molar-refractivity contribution in [2.24, 2.45) is 0 Å². The van der Waals surface area contributed by atoms with Crippen LogP contribution < -0.4 is 31.9 Å². The molecule has 0 radical (unpaired) electrons. The normalized spacial score (nSPS) is 11.1. The third-order valence-electron chi connectivity index (χ3n) is 13.9. The summed E-state index contributed by atoms with van der Waals surface area (Å²) >= 11 is 19.2. The minimum Gasteiger partial charge on any atom is -0.388 e. The van der Waals surface area contributed by atoms with Crippen LogP contribution in [0.3, 0.4) is 0 Å². The molecule has 1 unspecified atom stereocenters. The zero-order valence-corrected chi connectivity index (χ0v) is 50.4. The van der Waals surface area contributed by atoms with Crippen molar-refractivity contribution in [2.75, 3.05) is 31.9 Å². The molecule has 0 aliphatic heterocycles. The SMILES string of the molecule is Nc1nc(Cl)c(/C=C/c2ccccc2)c(N(Cc2ccccc2)Cc2ccccc2)n1.Nc1nc(Cl)c(C(O)Cc2ccccc2)c(N(Cc2ccccc2)Cc2ccccc2)n1.Nc1nc(Cl)c(C=O)c(N(Cc2ccccc2)Cc2ccccc2)n1. The molecule has 17 heteroatoms. The third kappa shape index (κ3) is 18.3. The number of nitrogens with zero attached hydrogens (tertiary/aromatic N) is 9. The lowest BCUT2D eigenvalue weighted by Gasteiger charge is -2.28. The second kappa shape index (κ2) is 32.0. The number of hydrogen-bond donors (Lipinski definition) is 4. The summed E-state index contributed by atoms with van der Waals surface area (Å²) in [6, 6.07) is 80.5. The van der Waals surface area contributed by atoms with E-state index in [2.05, 4.69) is 88.2 Å². The first-order chi connectivity index (χ1) is 43.0. The number of carbonyl (C=O) groups is 1. The highest BCUT2D eigenvalue weighted by Gasteiger charge is 2.26. The Hall–Kier alpha value is -9.96. The highest BCUT2D eigenvalue weighted by molar-refractivity contribution is 6.32. The molecule has 0 aliphatic rings. The molecule has 442 valence electrons. The molecule has 0 saturated carbocycles. The molecule has 11 rings (SSSR count). The molecule has 14 nitrogen and oxygen atoms in total. The van der Waals surface area contributed by atoms with Crippen molar-refractivity contribution >= 4 is 88.5 Å². The average molecular weight is 1220 g/mol. The zero-order valence-electron chi connectivity index (χ0n) is 48.1. The molecule has 0 aliphatic carbocycles. The Morgan fingerprint density at radius 3 is 0.966 bits per heavy atom. The van der Waals surface area contributed by atoms with E-state index in [9.17, 15) is 9.90 Å². The number of benzene rings is 8. The fourth-order valence-corrected chi connectivity index (χ4v) is 10.5. The largest absolute Gasteiger partial charge is 0.388 e. The number of nitrogen functional groups attached to an aromatic ring is 3. The van der Waals surface area contributed by atoms with E-state index in [0.29, 0.717) is 80.1 Å². The van der Waals surface area contributed by atoms with Gasteiger partial charge in [-0.1, -0.05) is 284 Å². The summed E-state index contributed by atoms with van der Waals surface area (Å²) in [6.07, 6.45) is 4.14. The van der Waals surface area contributed by atoms with Crippen LogP contribution in [0, 0.1) is 0 Å². The van der Waals surface area contributed by atoms with Crippen LogP contribution in [-0.4, -0.2) is 41.3 Å². The van der Waals surface area contributed by atoms with Crippen LogP contribution in [0.4, 0.5) is 35.3 Å². The van der Waals surface area contributed by atoms with E-state index in [1.807, 2.05) is 211 Å². The van der Waals surface area contributed by atoms with Crippen LogP contribution in [0.25, 0.3) is 12.2 Å². The molecule has 11 aromatic rings. The molecule has 7 N–H and O–H groups in total. The second-order valence-corrected chi connectivity index (χ2v) is 21.5. The van der Waals surface area contributed by atoms with Crippen molar-refractivity contribution in [3.05, 3.63) is 319 Å².